The van der Waals surface area contributed by atoms with Crippen molar-refractivity contribution in [1.29, 1.82) is 0 Å². The zero-order chi connectivity index (χ0) is 13.7. The Morgan fingerprint density at radius 1 is 1.50 bits per heavy atom. The van der Waals surface area contributed by atoms with Gasteiger partial charge in [-0.05, 0) is 32.0 Å². The van der Waals surface area contributed by atoms with Crippen LogP contribution in [0, 0.1) is 0 Å². The van der Waals surface area contributed by atoms with E-state index in [0.717, 1.165) is 0 Å². The largest absolute Gasteiger partial charge is 0.497 e. The third-order valence-corrected chi connectivity index (χ3v) is 3.55. The molecule has 1 atom stereocenters. The van der Waals surface area contributed by atoms with Crippen LogP contribution in [0.1, 0.15) is 13.8 Å². The fourth-order valence-electron chi connectivity index (χ4n) is 1.40. The minimum Gasteiger partial charge on any atom is -0.497 e. The average molecular weight is 270 g/mol. The maximum absolute atomic E-state index is 12.0. The molecule has 1 aromatic rings. The van der Waals surface area contributed by atoms with Crippen molar-refractivity contribution in [3.05, 3.63) is 18.2 Å². The van der Waals surface area contributed by atoms with E-state index in [0.29, 0.717) is 16.3 Å². The molecule has 1 unspecified atom stereocenters. The molecule has 0 radical (unpaired) electrons. The van der Waals surface area contributed by atoms with Gasteiger partial charge >= 0.3 is 0 Å². The molecule has 100 valence electrons. The Morgan fingerprint density at radius 3 is 2.72 bits per heavy atom. The van der Waals surface area contributed by atoms with Crippen molar-refractivity contribution in [2.24, 2.45) is 0 Å². The average Bonchev–Trinajstić information content (AvgIpc) is 2.28. The monoisotopic (exact) mass is 270 g/mol. The highest BCUT2D eigenvalue weighted by molar-refractivity contribution is 7.86. The van der Waals surface area contributed by atoms with Crippen molar-refractivity contribution in [2.75, 3.05) is 18.6 Å². The number of hydrogen-bond donors (Lipinski definition) is 2. The minimum atomic E-state index is -1.47. The van der Waals surface area contributed by atoms with Crippen molar-refractivity contribution in [3.8, 4) is 5.75 Å². The Morgan fingerprint density at radius 2 is 2.17 bits per heavy atom. The van der Waals surface area contributed by atoms with Gasteiger partial charge in [0.15, 0.2) is 0 Å². The molecule has 0 heterocycles. The van der Waals surface area contributed by atoms with E-state index in [-0.39, 0.29) is 17.7 Å². The Bertz CT molecular complexity index is 461. The van der Waals surface area contributed by atoms with Crippen LogP contribution in [-0.2, 0) is 15.6 Å². The van der Waals surface area contributed by atoms with Gasteiger partial charge in [0, 0.05) is 11.7 Å². The number of hydrogen-bond acceptors (Lipinski definition) is 4. The summed E-state index contributed by atoms with van der Waals surface area (Å²) in [7, 11) is 0.0471. The number of nitrogens with one attached hydrogen (secondary N) is 1. The molecular weight excluding hydrogens is 252 g/mol. The summed E-state index contributed by atoms with van der Waals surface area (Å²) in [4.78, 5) is 12.0. The third-order valence-electron chi connectivity index (χ3n) is 2.18. The second-order valence-corrected chi connectivity index (χ2v) is 5.54. The first kappa shape index (κ1) is 14.5. The SMILES string of the molecule is COc1ccc(N)c(S(=O)CC(=O)NC(C)C)c1. The van der Waals surface area contributed by atoms with Crippen molar-refractivity contribution in [1.82, 2.24) is 5.32 Å². The number of ether oxygens (including phenoxy) is 1. The van der Waals surface area contributed by atoms with E-state index in [4.69, 9.17) is 10.5 Å². The van der Waals surface area contributed by atoms with Crippen LogP contribution in [0.2, 0.25) is 0 Å². The predicted octanol–water partition coefficient (Wildman–Crippen LogP) is 0.910. The zero-order valence-corrected chi connectivity index (χ0v) is 11.5. The van der Waals surface area contributed by atoms with Crippen molar-refractivity contribution < 1.29 is 13.7 Å². The van der Waals surface area contributed by atoms with Gasteiger partial charge in [0.25, 0.3) is 0 Å². The number of nitrogens with two attached hydrogens (primary N) is 1. The lowest BCUT2D eigenvalue weighted by Gasteiger charge is -2.10. The first-order valence-corrected chi connectivity index (χ1v) is 6.87. The van der Waals surface area contributed by atoms with Gasteiger partial charge in [0.1, 0.15) is 11.5 Å². The van der Waals surface area contributed by atoms with E-state index < -0.39 is 10.8 Å². The number of carbonyl (C=O) groups excluding carboxylic acids is 1. The van der Waals surface area contributed by atoms with Crippen LogP contribution in [0.3, 0.4) is 0 Å². The molecule has 1 rings (SSSR count). The lowest BCUT2D eigenvalue weighted by molar-refractivity contribution is -0.119. The molecule has 0 aliphatic rings. The fourth-order valence-corrected chi connectivity index (χ4v) is 2.45. The summed E-state index contributed by atoms with van der Waals surface area (Å²) in [5, 5.41) is 2.69. The van der Waals surface area contributed by atoms with Gasteiger partial charge in [-0.25, -0.2) is 0 Å². The van der Waals surface area contributed by atoms with E-state index in [9.17, 15) is 9.00 Å². The standard InChI is InChI=1S/C12H18N2O3S/c1-8(2)14-12(15)7-18(16)11-6-9(17-3)4-5-10(11)13/h4-6,8H,7,13H2,1-3H3,(H,14,15). The van der Waals surface area contributed by atoms with E-state index in [1.54, 1.807) is 18.2 Å². The van der Waals surface area contributed by atoms with Crippen LogP contribution in [0.5, 0.6) is 5.75 Å². The molecule has 5 nitrogen and oxygen atoms in total. The molecule has 18 heavy (non-hydrogen) atoms. The van der Waals surface area contributed by atoms with Crippen LogP contribution in [0.4, 0.5) is 5.69 Å². The van der Waals surface area contributed by atoms with Crippen LogP contribution < -0.4 is 15.8 Å². The molecule has 1 amide bonds. The maximum Gasteiger partial charge on any atom is 0.233 e. The molecule has 0 aliphatic heterocycles. The van der Waals surface area contributed by atoms with Crippen molar-refractivity contribution >= 4 is 22.4 Å². The first-order chi connectivity index (χ1) is 8.43. The molecule has 0 aliphatic carbocycles. The third kappa shape index (κ3) is 4.03. The number of benzene rings is 1. The summed E-state index contributed by atoms with van der Waals surface area (Å²) in [5.74, 6) is 0.206. The molecular formula is C12H18N2O3S. The zero-order valence-electron chi connectivity index (χ0n) is 10.7. The molecule has 1 aromatic carbocycles. The van der Waals surface area contributed by atoms with Crippen LogP contribution in [-0.4, -0.2) is 29.0 Å². The van der Waals surface area contributed by atoms with Gasteiger partial charge in [-0.15, -0.1) is 0 Å². The Hall–Kier alpha value is -1.56. The number of amides is 1. The van der Waals surface area contributed by atoms with Gasteiger partial charge in [-0.2, -0.15) is 0 Å². The van der Waals surface area contributed by atoms with Gasteiger partial charge in [0.2, 0.25) is 5.91 Å². The smallest absolute Gasteiger partial charge is 0.233 e. The van der Waals surface area contributed by atoms with Gasteiger partial charge < -0.3 is 15.8 Å². The molecule has 6 heteroatoms. The van der Waals surface area contributed by atoms with Crippen molar-refractivity contribution in [3.63, 3.8) is 0 Å². The second-order valence-electron chi connectivity index (χ2n) is 4.12. The number of carbonyl (C=O) groups is 1. The van der Waals surface area contributed by atoms with E-state index in [2.05, 4.69) is 5.32 Å². The Labute approximate surface area is 109 Å². The number of anilines is 1. The van der Waals surface area contributed by atoms with Crippen LogP contribution >= 0.6 is 0 Å². The summed E-state index contributed by atoms with van der Waals surface area (Å²) in [6.45, 7) is 3.70. The molecule has 3 N–H and O–H groups in total. The van der Waals surface area contributed by atoms with Crippen molar-refractivity contribution in [2.45, 2.75) is 24.8 Å². The quantitative estimate of drug-likeness (QED) is 0.779. The number of nitrogen functional groups attached to an aromatic ring is 1. The highest BCUT2D eigenvalue weighted by Gasteiger charge is 2.14. The number of rotatable bonds is 5. The Kier molecular flexibility index (Phi) is 5.15. The van der Waals surface area contributed by atoms with E-state index in [1.165, 1.54) is 7.11 Å². The summed E-state index contributed by atoms with van der Waals surface area (Å²) in [5.41, 5.74) is 6.14. The van der Waals surface area contributed by atoms with Crippen LogP contribution in [0.25, 0.3) is 0 Å². The highest BCUT2D eigenvalue weighted by atomic mass is 32.2. The molecule has 0 fully saturated rings. The molecule has 0 aromatic heterocycles. The summed E-state index contributed by atoms with van der Waals surface area (Å²) in [6.07, 6.45) is 0. The van der Waals surface area contributed by atoms with Gasteiger partial charge in [0.05, 0.1) is 22.8 Å². The van der Waals surface area contributed by atoms with Gasteiger partial charge in [-0.1, -0.05) is 0 Å². The lowest BCUT2D eigenvalue weighted by Crippen LogP contribution is -2.33. The maximum atomic E-state index is 12.0. The lowest BCUT2D eigenvalue weighted by atomic mass is 10.3. The fraction of sp³-hybridized carbons (Fsp3) is 0.417. The minimum absolute atomic E-state index is 0.0251. The van der Waals surface area contributed by atoms with Gasteiger partial charge in [-0.3, -0.25) is 9.00 Å². The van der Waals surface area contributed by atoms with Crippen LogP contribution in [0.15, 0.2) is 23.1 Å². The summed E-state index contributed by atoms with van der Waals surface area (Å²) in [6, 6.07) is 4.92. The second kappa shape index (κ2) is 6.39. The Balaban J connectivity index is 2.80. The first-order valence-electron chi connectivity index (χ1n) is 5.55. The number of methoxy groups -OCH3 is 1. The molecule has 0 saturated heterocycles. The molecule has 0 bridgehead atoms. The predicted molar refractivity (Wildman–Crippen MR) is 72.0 cm³/mol. The van der Waals surface area contributed by atoms with E-state index >= 15 is 0 Å². The molecule has 0 spiro atoms. The summed E-state index contributed by atoms with van der Waals surface area (Å²) >= 11 is 0. The highest BCUT2D eigenvalue weighted by Crippen LogP contribution is 2.22. The molecule has 0 saturated carbocycles. The van der Waals surface area contributed by atoms with E-state index in [1.807, 2.05) is 13.8 Å². The topological polar surface area (TPSA) is 81.4 Å². The normalized spacial score (nSPS) is 12.2. The summed E-state index contributed by atoms with van der Waals surface area (Å²) < 4.78 is 17.1.